The fourth-order valence-corrected chi connectivity index (χ4v) is 1.74. The number of ketones is 1. The summed E-state index contributed by atoms with van der Waals surface area (Å²) in [5.74, 6) is 0.503. The fraction of sp³-hybridized carbons (Fsp3) is 0.700. The number of rotatable bonds is 5. The molecule has 0 aromatic carbocycles. The summed E-state index contributed by atoms with van der Waals surface area (Å²) in [6.45, 7) is 3.62. The van der Waals surface area contributed by atoms with Gasteiger partial charge in [0.25, 0.3) is 0 Å². The van der Waals surface area contributed by atoms with Crippen LogP contribution in [0.3, 0.4) is 0 Å². The normalized spacial score (nSPS) is 19.9. The van der Waals surface area contributed by atoms with Crippen molar-refractivity contribution in [1.82, 2.24) is 5.32 Å². The second kappa shape index (κ2) is 5.30. The van der Waals surface area contributed by atoms with Crippen molar-refractivity contribution >= 4 is 28.6 Å². The molecule has 1 unspecified atom stereocenters. The van der Waals surface area contributed by atoms with Crippen molar-refractivity contribution in [3.05, 3.63) is 0 Å². The van der Waals surface area contributed by atoms with Gasteiger partial charge in [-0.05, 0) is 0 Å². The number of thioether (sulfide) groups is 1. The van der Waals surface area contributed by atoms with Gasteiger partial charge < -0.3 is 5.32 Å². The average Bonchev–Trinajstić information content (AvgIpc) is 2.20. The van der Waals surface area contributed by atoms with Crippen LogP contribution in [0.2, 0.25) is 0 Å². The maximum atomic E-state index is 11.3. The van der Waals surface area contributed by atoms with E-state index in [4.69, 9.17) is 0 Å². The van der Waals surface area contributed by atoms with Crippen LogP contribution in [0, 0.1) is 5.92 Å². The van der Waals surface area contributed by atoms with Crippen LogP contribution >= 0.6 is 11.8 Å². The van der Waals surface area contributed by atoms with Crippen molar-refractivity contribution in [1.29, 1.82) is 0 Å². The lowest BCUT2D eigenvalue weighted by Gasteiger charge is -2.23. The van der Waals surface area contributed by atoms with Crippen molar-refractivity contribution in [2.75, 3.05) is 5.75 Å². The number of hydrogen-bond acceptors (Lipinski definition) is 4. The highest BCUT2D eigenvalue weighted by Crippen LogP contribution is 2.20. The van der Waals surface area contributed by atoms with Crippen molar-refractivity contribution < 1.29 is 14.4 Å². The Bertz CT molecular complexity index is 288. The van der Waals surface area contributed by atoms with Gasteiger partial charge in [-0.2, -0.15) is 0 Å². The molecule has 0 spiro atoms. The Labute approximate surface area is 93.2 Å². The lowest BCUT2D eigenvalue weighted by atomic mass is 10.0. The van der Waals surface area contributed by atoms with Gasteiger partial charge in [-0.25, -0.2) is 0 Å². The van der Waals surface area contributed by atoms with Crippen molar-refractivity contribution in [3.63, 3.8) is 0 Å². The Morgan fingerprint density at radius 3 is 2.53 bits per heavy atom. The minimum atomic E-state index is -0.323. The molecule has 5 heteroatoms. The number of carbonyl (C=O) groups is 3. The zero-order valence-electron chi connectivity index (χ0n) is 8.91. The molecule has 4 nitrogen and oxygen atoms in total. The predicted octanol–water partition coefficient (Wildman–Crippen LogP) is 0.750. The van der Waals surface area contributed by atoms with Gasteiger partial charge in [-0.3, -0.25) is 14.4 Å². The van der Waals surface area contributed by atoms with Crippen LogP contribution in [0.5, 0.6) is 0 Å². The van der Waals surface area contributed by atoms with E-state index in [-0.39, 0.29) is 41.6 Å². The highest BCUT2D eigenvalue weighted by atomic mass is 32.2. The first-order valence-electron chi connectivity index (χ1n) is 4.99. The molecule has 0 radical (unpaired) electrons. The molecular weight excluding hydrogens is 214 g/mol. The van der Waals surface area contributed by atoms with Gasteiger partial charge in [-0.15, -0.1) is 0 Å². The predicted molar refractivity (Wildman–Crippen MR) is 58.5 cm³/mol. The molecule has 1 saturated heterocycles. The molecule has 0 bridgehead atoms. The van der Waals surface area contributed by atoms with Crippen molar-refractivity contribution in [3.8, 4) is 0 Å². The molecule has 1 aliphatic rings. The van der Waals surface area contributed by atoms with Crippen LogP contribution in [0.4, 0.5) is 0 Å². The first-order chi connectivity index (χ1) is 7.00. The monoisotopic (exact) mass is 229 g/mol. The van der Waals surface area contributed by atoms with Gasteiger partial charge in [0.05, 0.1) is 0 Å². The largest absolute Gasteiger partial charge is 0.344 e. The molecule has 1 fully saturated rings. The van der Waals surface area contributed by atoms with Crippen molar-refractivity contribution in [2.24, 2.45) is 5.92 Å². The summed E-state index contributed by atoms with van der Waals surface area (Å²) in [6, 6.07) is -0.323. The average molecular weight is 229 g/mol. The molecule has 15 heavy (non-hydrogen) atoms. The number of amides is 1. The molecule has 1 N–H and O–H groups in total. The van der Waals surface area contributed by atoms with E-state index in [1.165, 1.54) is 11.8 Å². The topological polar surface area (TPSA) is 63.2 Å². The Balaban J connectivity index is 2.19. The van der Waals surface area contributed by atoms with Crippen molar-refractivity contribution in [2.45, 2.75) is 32.7 Å². The summed E-state index contributed by atoms with van der Waals surface area (Å²) in [5.41, 5.74) is 0. The smallest absolute Gasteiger partial charge is 0.221 e. The molecule has 1 amide bonds. The molecule has 0 aromatic rings. The number of hydrogen-bond donors (Lipinski definition) is 1. The second-order valence-corrected chi connectivity index (χ2v) is 4.90. The maximum Gasteiger partial charge on any atom is 0.221 e. The van der Waals surface area contributed by atoms with E-state index >= 15 is 0 Å². The van der Waals surface area contributed by atoms with E-state index in [1.54, 1.807) is 0 Å². The van der Waals surface area contributed by atoms with Crippen LogP contribution in [-0.4, -0.2) is 28.6 Å². The lowest BCUT2D eigenvalue weighted by molar-refractivity contribution is -0.128. The minimum absolute atomic E-state index is 0.0125. The summed E-state index contributed by atoms with van der Waals surface area (Å²) in [7, 11) is 0. The Morgan fingerprint density at radius 2 is 2.13 bits per heavy atom. The maximum absolute atomic E-state index is 11.3. The Kier molecular flexibility index (Phi) is 4.32. The molecule has 84 valence electrons. The quantitative estimate of drug-likeness (QED) is 0.755. The molecule has 1 atom stereocenters. The number of Topliss-reactive ketones (excluding diaryl/α,β-unsaturated/α-hetero) is 1. The zero-order chi connectivity index (χ0) is 11.4. The molecular formula is C10H15NO3S. The van der Waals surface area contributed by atoms with Gasteiger partial charge in [0.15, 0.2) is 0 Å². The third-order valence-corrected chi connectivity index (χ3v) is 3.32. The van der Waals surface area contributed by atoms with Crippen LogP contribution in [0.15, 0.2) is 0 Å². The first kappa shape index (κ1) is 12.2. The molecule has 0 aromatic heterocycles. The number of nitrogens with one attached hydrogen (secondary N) is 1. The van der Waals surface area contributed by atoms with Gasteiger partial charge in [0.1, 0.15) is 11.8 Å². The summed E-state index contributed by atoms with van der Waals surface area (Å²) in [5, 5.41) is 2.61. The zero-order valence-corrected chi connectivity index (χ0v) is 9.73. The summed E-state index contributed by atoms with van der Waals surface area (Å²) >= 11 is 1.22. The minimum Gasteiger partial charge on any atom is -0.344 e. The third kappa shape index (κ3) is 3.66. The highest BCUT2D eigenvalue weighted by molar-refractivity contribution is 8.16. The summed E-state index contributed by atoms with van der Waals surface area (Å²) in [4.78, 5) is 33.4. The van der Waals surface area contributed by atoms with E-state index in [2.05, 4.69) is 5.32 Å². The van der Waals surface area contributed by atoms with E-state index < -0.39 is 0 Å². The lowest BCUT2D eigenvalue weighted by Crippen LogP contribution is -2.47. The first-order valence-corrected chi connectivity index (χ1v) is 5.98. The van der Waals surface area contributed by atoms with Crippen LogP contribution in [0.25, 0.3) is 0 Å². The third-order valence-electron chi connectivity index (χ3n) is 2.25. The molecule has 1 rings (SSSR count). The fourth-order valence-electron chi connectivity index (χ4n) is 1.13. The molecule has 1 aliphatic heterocycles. The molecule has 0 aliphatic carbocycles. The van der Waals surface area contributed by atoms with E-state index in [1.807, 2.05) is 13.8 Å². The van der Waals surface area contributed by atoms with Gasteiger partial charge in [-0.1, -0.05) is 25.6 Å². The van der Waals surface area contributed by atoms with Gasteiger partial charge in [0.2, 0.25) is 11.0 Å². The standard InChI is InChI=1S/C10H15NO3S/c1-6(2)8(12)3-4-9(13)11-7-5-15-10(7)14/h6-7H,3-5H2,1-2H3,(H,11,13). The van der Waals surface area contributed by atoms with E-state index in [9.17, 15) is 14.4 Å². The number of carbonyl (C=O) groups excluding carboxylic acids is 3. The van der Waals surface area contributed by atoms with E-state index in [0.717, 1.165) is 0 Å². The summed E-state index contributed by atoms with van der Waals surface area (Å²) in [6.07, 6.45) is 0.447. The van der Waals surface area contributed by atoms with Gasteiger partial charge in [0, 0.05) is 24.5 Å². The van der Waals surface area contributed by atoms with E-state index in [0.29, 0.717) is 5.75 Å². The van der Waals surface area contributed by atoms with Crippen LogP contribution in [-0.2, 0) is 14.4 Å². The van der Waals surface area contributed by atoms with Crippen LogP contribution in [0.1, 0.15) is 26.7 Å². The molecule has 0 saturated carbocycles. The Hall–Kier alpha value is -0.840. The highest BCUT2D eigenvalue weighted by Gasteiger charge is 2.30. The van der Waals surface area contributed by atoms with Crippen LogP contribution < -0.4 is 5.32 Å². The summed E-state index contributed by atoms with van der Waals surface area (Å²) < 4.78 is 0. The second-order valence-electron chi connectivity index (χ2n) is 3.87. The van der Waals surface area contributed by atoms with Gasteiger partial charge >= 0.3 is 0 Å². The Morgan fingerprint density at radius 1 is 1.47 bits per heavy atom. The SMILES string of the molecule is CC(C)C(=O)CCC(=O)NC1CSC1=O. The molecule has 1 heterocycles.